The number of carbonyl (C=O) groups excluding carboxylic acids is 3. The van der Waals surface area contributed by atoms with Crippen LogP contribution in [0.2, 0.25) is 0 Å². The van der Waals surface area contributed by atoms with Gasteiger partial charge in [-0.3, -0.25) is 14.4 Å². The molecule has 0 radical (unpaired) electrons. The summed E-state index contributed by atoms with van der Waals surface area (Å²) in [5.41, 5.74) is 0. The lowest BCUT2D eigenvalue weighted by Gasteiger charge is -2.18. The van der Waals surface area contributed by atoms with Crippen LogP contribution in [-0.4, -0.2) is 37.2 Å². The van der Waals surface area contributed by atoms with Gasteiger partial charge in [0.2, 0.25) is 0 Å². The van der Waals surface area contributed by atoms with Gasteiger partial charge in [0.25, 0.3) is 0 Å². The van der Waals surface area contributed by atoms with E-state index in [1.807, 2.05) is 0 Å². The first-order valence-electron chi connectivity index (χ1n) is 31.0. The average molecular weight is 984 g/mol. The molecule has 1 unspecified atom stereocenters. The third-order valence-electron chi connectivity index (χ3n) is 13.9. The lowest BCUT2D eigenvalue weighted by atomic mass is 10.0. The topological polar surface area (TPSA) is 78.9 Å². The highest BCUT2D eigenvalue weighted by molar-refractivity contribution is 5.71. The number of unbranched alkanes of at least 4 members (excludes halogenated alkanes) is 40. The molecule has 0 rings (SSSR count). The molecule has 0 aromatic heterocycles. The van der Waals surface area contributed by atoms with Crippen LogP contribution in [-0.2, 0) is 28.6 Å². The van der Waals surface area contributed by atoms with Crippen molar-refractivity contribution in [3.8, 4) is 0 Å². The second-order valence-electron chi connectivity index (χ2n) is 21.0. The molecule has 0 aliphatic rings. The summed E-state index contributed by atoms with van der Waals surface area (Å²) in [4.78, 5) is 38.2. The molecule has 0 bridgehead atoms. The van der Waals surface area contributed by atoms with Gasteiger partial charge < -0.3 is 14.2 Å². The predicted octanol–water partition coefficient (Wildman–Crippen LogP) is 20.8. The van der Waals surface area contributed by atoms with E-state index in [9.17, 15) is 14.4 Å². The van der Waals surface area contributed by atoms with Crippen molar-refractivity contribution >= 4 is 17.9 Å². The minimum Gasteiger partial charge on any atom is -0.462 e. The Bertz CT molecular complexity index is 1170. The average Bonchev–Trinajstić information content (AvgIpc) is 3.36. The molecule has 0 saturated carbocycles. The molecule has 70 heavy (non-hydrogen) atoms. The summed E-state index contributed by atoms with van der Waals surface area (Å²) in [7, 11) is 0. The van der Waals surface area contributed by atoms with Gasteiger partial charge in [-0.15, -0.1) is 0 Å². The second kappa shape index (κ2) is 59.2. The van der Waals surface area contributed by atoms with Crippen LogP contribution < -0.4 is 0 Å². The van der Waals surface area contributed by atoms with Gasteiger partial charge >= 0.3 is 17.9 Å². The smallest absolute Gasteiger partial charge is 0.306 e. The van der Waals surface area contributed by atoms with Crippen molar-refractivity contribution in [2.24, 2.45) is 0 Å². The minimum absolute atomic E-state index is 0.0740. The largest absolute Gasteiger partial charge is 0.462 e. The van der Waals surface area contributed by atoms with Crippen LogP contribution in [0.3, 0.4) is 0 Å². The Hall–Kier alpha value is -2.37. The molecule has 0 amide bonds. The normalized spacial score (nSPS) is 12.2. The van der Waals surface area contributed by atoms with E-state index in [1.165, 1.54) is 218 Å². The summed E-state index contributed by atoms with van der Waals surface area (Å²) in [5.74, 6) is -0.869. The quantitative estimate of drug-likeness (QED) is 0.0261. The van der Waals surface area contributed by atoms with Crippen molar-refractivity contribution in [1.82, 2.24) is 0 Å². The van der Waals surface area contributed by atoms with Gasteiger partial charge in [0.05, 0.1) is 0 Å². The molecule has 410 valence electrons. The molecule has 6 nitrogen and oxygen atoms in total. The Labute approximate surface area is 435 Å². The molecule has 1 atom stereocenters. The summed E-state index contributed by atoms with van der Waals surface area (Å²) in [6.07, 6.45) is 71.4. The van der Waals surface area contributed by atoms with E-state index in [0.29, 0.717) is 19.3 Å². The zero-order valence-electron chi connectivity index (χ0n) is 47.1. The molecule has 0 saturated heterocycles. The number of hydrogen-bond acceptors (Lipinski definition) is 6. The minimum atomic E-state index is -0.778. The third-order valence-corrected chi connectivity index (χ3v) is 13.9. The first-order chi connectivity index (χ1) is 34.5. The zero-order chi connectivity index (χ0) is 50.7. The Kier molecular flexibility index (Phi) is 57.2. The molecule has 0 aliphatic heterocycles. The maximum absolute atomic E-state index is 12.9. The molecule has 0 fully saturated rings. The van der Waals surface area contributed by atoms with Gasteiger partial charge in [0.15, 0.2) is 6.10 Å². The Morgan fingerprint density at radius 3 is 0.829 bits per heavy atom. The molecule has 0 aliphatic carbocycles. The van der Waals surface area contributed by atoms with E-state index in [-0.39, 0.29) is 31.1 Å². The number of hydrogen-bond donors (Lipinski definition) is 0. The van der Waals surface area contributed by atoms with E-state index in [0.717, 1.165) is 77.0 Å². The van der Waals surface area contributed by atoms with Crippen LogP contribution in [0.25, 0.3) is 0 Å². The molecule has 0 N–H and O–H groups in total. The van der Waals surface area contributed by atoms with Crippen molar-refractivity contribution in [3.05, 3.63) is 36.5 Å². The van der Waals surface area contributed by atoms with Gasteiger partial charge in [0.1, 0.15) is 13.2 Å². The standard InChI is InChI=1S/C64H118O6/c1-4-7-10-13-16-19-22-25-28-30-31-32-34-36-39-42-45-48-51-54-57-63(66)69-60-61(59-68-62(65)56-53-50-47-44-41-38-35-27-24-21-18-15-12-9-6-3)70-64(67)58-55-52-49-46-43-40-37-33-29-26-23-20-17-14-11-8-5-2/h17,20,26-27,29,35,61H,4-16,18-19,21-25,28,30-34,36-60H2,1-3H3/b20-17-,29-26-,35-27-. The third kappa shape index (κ3) is 56.5. The van der Waals surface area contributed by atoms with Crippen molar-refractivity contribution < 1.29 is 28.6 Å². The highest BCUT2D eigenvalue weighted by Crippen LogP contribution is 2.17. The van der Waals surface area contributed by atoms with Crippen molar-refractivity contribution in [2.45, 2.75) is 341 Å². The fourth-order valence-corrected chi connectivity index (χ4v) is 9.18. The molecular formula is C64H118O6. The highest BCUT2D eigenvalue weighted by Gasteiger charge is 2.19. The van der Waals surface area contributed by atoms with E-state index in [4.69, 9.17) is 14.2 Å². The van der Waals surface area contributed by atoms with Crippen LogP contribution in [0.4, 0.5) is 0 Å². The molecular weight excluding hydrogens is 865 g/mol. The first kappa shape index (κ1) is 67.6. The molecule has 0 aromatic carbocycles. The lowest BCUT2D eigenvalue weighted by Crippen LogP contribution is -2.30. The molecule has 0 heterocycles. The number of esters is 3. The van der Waals surface area contributed by atoms with Crippen molar-refractivity contribution in [1.29, 1.82) is 0 Å². The number of ether oxygens (including phenoxy) is 3. The Balaban J connectivity index is 4.33. The summed E-state index contributed by atoms with van der Waals surface area (Å²) >= 11 is 0. The first-order valence-corrected chi connectivity index (χ1v) is 31.0. The van der Waals surface area contributed by atoms with E-state index >= 15 is 0 Å². The van der Waals surface area contributed by atoms with Gasteiger partial charge in [-0.05, 0) is 77.0 Å². The summed E-state index contributed by atoms with van der Waals surface area (Å²) in [5, 5.41) is 0. The highest BCUT2D eigenvalue weighted by atomic mass is 16.6. The number of allylic oxidation sites excluding steroid dienone is 6. The SMILES string of the molecule is CCCCC/C=C\C/C=C\CCCCCCCCCC(=O)OC(COC(=O)CCCCCCC/C=C\CCCCCCCC)COC(=O)CCCCCCCCCCCCCCCCCCCCCC. The Morgan fingerprint density at radius 1 is 0.286 bits per heavy atom. The van der Waals surface area contributed by atoms with Crippen LogP contribution in [0.1, 0.15) is 335 Å². The maximum atomic E-state index is 12.9. The molecule has 6 heteroatoms. The zero-order valence-corrected chi connectivity index (χ0v) is 47.1. The van der Waals surface area contributed by atoms with E-state index in [1.54, 1.807) is 0 Å². The van der Waals surface area contributed by atoms with Crippen LogP contribution >= 0.6 is 0 Å². The maximum Gasteiger partial charge on any atom is 0.306 e. The summed E-state index contributed by atoms with van der Waals surface area (Å²) in [6, 6.07) is 0. The van der Waals surface area contributed by atoms with E-state index in [2.05, 4.69) is 57.2 Å². The van der Waals surface area contributed by atoms with Gasteiger partial charge in [0, 0.05) is 19.3 Å². The number of carbonyl (C=O) groups is 3. The molecule has 0 aromatic rings. The predicted molar refractivity (Wildman–Crippen MR) is 302 cm³/mol. The lowest BCUT2D eigenvalue weighted by molar-refractivity contribution is -0.167. The summed E-state index contributed by atoms with van der Waals surface area (Å²) < 4.78 is 16.9. The Morgan fingerprint density at radius 2 is 0.514 bits per heavy atom. The fourth-order valence-electron chi connectivity index (χ4n) is 9.18. The van der Waals surface area contributed by atoms with E-state index < -0.39 is 6.10 Å². The van der Waals surface area contributed by atoms with Crippen molar-refractivity contribution in [2.75, 3.05) is 13.2 Å². The van der Waals surface area contributed by atoms with Crippen molar-refractivity contribution in [3.63, 3.8) is 0 Å². The fraction of sp³-hybridized carbons (Fsp3) is 0.859. The van der Waals surface area contributed by atoms with Crippen LogP contribution in [0.15, 0.2) is 36.5 Å². The molecule has 0 spiro atoms. The van der Waals surface area contributed by atoms with Crippen LogP contribution in [0, 0.1) is 0 Å². The number of rotatable bonds is 57. The monoisotopic (exact) mass is 983 g/mol. The van der Waals surface area contributed by atoms with Gasteiger partial charge in [-0.25, -0.2) is 0 Å². The van der Waals surface area contributed by atoms with Crippen LogP contribution in [0.5, 0.6) is 0 Å². The summed E-state index contributed by atoms with van der Waals surface area (Å²) in [6.45, 7) is 6.65. The van der Waals surface area contributed by atoms with Gasteiger partial charge in [-0.1, -0.05) is 276 Å². The van der Waals surface area contributed by atoms with Gasteiger partial charge in [-0.2, -0.15) is 0 Å². The second-order valence-corrected chi connectivity index (χ2v) is 21.0.